The Morgan fingerprint density at radius 1 is 1.41 bits per heavy atom. The van der Waals surface area contributed by atoms with Gasteiger partial charge in [-0.3, -0.25) is 4.68 Å². The molecule has 2 unspecified atom stereocenters. The van der Waals surface area contributed by atoms with Crippen LogP contribution in [0.15, 0.2) is 6.07 Å². The number of aromatic nitrogens is 2. The molecule has 1 aliphatic heterocycles. The van der Waals surface area contributed by atoms with E-state index < -0.39 is 0 Å². The number of hydrogen-bond acceptors (Lipinski definition) is 3. The van der Waals surface area contributed by atoms with Crippen LogP contribution in [0.2, 0.25) is 0 Å². The van der Waals surface area contributed by atoms with Crippen molar-refractivity contribution < 1.29 is 0 Å². The van der Waals surface area contributed by atoms with E-state index in [1.165, 1.54) is 12.1 Å². The van der Waals surface area contributed by atoms with Crippen LogP contribution >= 0.6 is 0 Å². The molecule has 2 heterocycles. The van der Waals surface area contributed by atoms with Crippen LogP contribution in [-0.2, 0) is 7.05 Å². The highest BCUT2D eigenvalue weighted by Gasteiger charge is 2.18. The summed E-state index contributed by atoms with van der Waals surface area (Å²) in [7, 11) is 2.01. The average Bonchev–Trinajstić information content (AvgIpc) is 2.60. The quantitative estimate of drug-likeness (QED) is 0.803. The van der Waals surface area contributed by atoms with Crippen LogP contribution in [-0.4, -0.2) is 35.5 Å². The van der Waals surface area contributed by atoms with Gasteiger partial charge in [0, 0.05) is 37.9 Å². The number of rotatable bonds is 1. The van der Waals surface area contributed by atoms with Gasteiger partial charge in [0.2, 0.25) is 0 Å². The minimum Gasteiger partial charge on any atom is -0.355 e. The van der Waals surface area contributed by atoms with E-state index in [9.17, 15) is 0 Å². The Morgan fingerprint density at radius 2 is 2.18 bits per heavy atom. The Morgan fingerprint density at radius 3 is 2.82 bits per heavy atom. The molecule has 4 heteroatoms. The molecule has 1 aliphatic rings. The molecule has 2 atom stereocenters. The lowest BCUT2D eigenvalue weighted by Crippen LogP contribution is -2.42. The fourth-order valence-corrected chi connectivity index (χ4v) is 2.29. The van der Waals surface area contributed by atoms with Gasteiger partial charge in [0.25, 0.3) is 0 Å². The predicted molar refractivity (Wildman–Crippen MR) is 71.4 cm³/mol. The second kappa shape index (κ2) is 5.08. The van der Waals surface area contributed by atoms with Gasteiger partial charge in [0.1, 0.15) is 0 Å². The van der Waals surface area contributed by atoms with Crippen molar-refractivity contribution in [3.63, 3.8) is 0 Å². The molecule has 0 radical (unpaired) electrons. The predicted octanol–water partition coefficient (Wildman–Crippen LogP) is 1.55. The van der Waals surface area contributed by atoms with Crippen molar-refractivity contribution in [3.8, 4) is 0 Å². The molecule has 0 saturated carbocycles. The van der Waals surface area contributed by atoms with Gasteiger partial charge in [0.05, 0.1) is 0 Å². The maximum absolute atomic E-state index is 4.59. The zero-order valence-corrected chi connectivity index (χ0v) is 11.4. The Kier molecular flexibility index (Phi) is 3.72. The summed E-state index contributed by atoms with van der Waals surface area (Å²) in [5.74, 6) is 1.80. The molecule has 1 N–H and O–H groups in total. The van der Waals surface area contributed by atoms with Crippen molar-refractivity contribution in [2.45, 2.75) is 33.2 Å². The minimum atomic E-state index is 0.602. The zero-order valence-electron chi connectivity index (χ0n) is 11.4. The monoisotopic (exact) mass is 236 g/mol. The summed E-state index contributed by atoms with van der Waals surface area (Å²) in [6, 6.07) is 2.79. The molecule has 17 heavy (non-hydrogen) atoms. The van der Waals surface area contributed by atoms with Gasteiger partial charge in [-0.05, 0) is 32.7 Å². The summed E-state index contributed by atoms with van der Waals surface area (Å²) in [4.78, 5) is 2.43. The van der Waals surface area contributed by atoms with E-state index in [1.54, 1.807) is 0 Å². The summed E-state index contributed by atoms with van der Waals surface area (Å²) in [6.07, 6.45) is 1.18. The largest absolute Gasteiger partial charge is 0.355 e. The van der Waals surface area contributed by atoms with E-state index in [0.29, 0.717) is 12.0 Å². The molecule has 1 aromatic heterocycles. The summed E-state index contributed by atoms with van der Waals surface area (Å²) < 4.78 is 1.96. The molecule has 1 fully saturated rings. The van der Waals surface area contributed by atoms with E-state index in [-0.39, 0.29) is 0 Å². The highest BCUT2D eigenvalue weighted by Crippen LogP contribution is 2.17. The van der Waals surface area contributed by atoms with Gasteiger partial charge in [-0.2, -0.15) is 5.10 Å². The van der Waals surface area contributed by atoms with Crippen molar-refractivity contribution in [1.82, 2.24) is 15.1 Å². The molecule has 0 bridgehead atoms. The molecular formula is C13H24N4. The molecule has 2 rings (SSSR count). The number of nitrogens with one attached hydrogen (secondary N) is 1. The maximum Gasteiger partial charge on any atom is 0.150 e. The fourth-order valence-electron chi connectivity index (χ4n) is 2.29. The van der Waals surface area contributed by atoms with Crippen molar-refractivity contribution in [2.75, 3.05) is 24.5 Å². The molecule has 0 aliphatic carbocycles. The summed E-state index contributed by atoms with van der Waals surface area (Å²) in [5, 5.41) is 8.16. The molecule has 0 aromatic carbocycles. The van der Waals surface area contributed by atoms with Crippen molar-refractivity contribution >= 4 is 5.82 Å². The third-order valence-electron chi connectivity index (χ3n) is 3.60. The standard InChI is InChI=1S/C13H24N4/c1-10-8-14-11(2)5-6-17(9-10)13-7-12(3)16(4)15-13/h7,10-11,14H,5-6,8-9H2,1-4H3. The number of hydrogen-bond donors (Lipinski definition) is 1. The lowest BCUT2D eigenvalue weighted by Gasteiger charge is -2.31. The second-order valence-electron chi connectivity index (χ2n) is 5.42. The summed E-state index contributed by atoms with van der Waals surface area (Å²) >= 11 is 0. The molecular weight excluding hydrogens is 212 g/mol. The van der Waals surface area contributed by atoms with Crippen LogP contribution < -0.4 is 10.2 Å². The molecule has 0 amide bonds. The molecule has 0 spiro atoms. The van der Waals surface area contributed by atoms with Gasteiger partial charge in [-0.25, -0.2) is 0 Å². The van der Waals surface area contributed by atoms with Crippen molar-refractivity contribution in [3.05, 3.63) is 11.8 Å². The SMILES string of the molecule is Cc1cc(N2CCC(C)NCC(C)C2)nn1C. The van der Waals surface area contributed by atoms with Gasteiger partial charge < -0.3 is 10.2 Å². The average molecular weight is 236 g/mol. The number of aryl methyl sites for hydroxylation is 2. The summed E-state index contributed by atoms with van der Waals surface area (Å²) in [6.45, 7) is 9.95. The Bertz CT molecular complexity index is 352. The first-order chi connectivity index (χ1) is 8.06. The number of nitrogens with zero attached hydrogens (tertiary/aromatic N) is 3. The van der Waals surface area contributed by atoms with Gasteiger partial charge in [0.15, 0.2) is 5.82 Å². The van der Waals surface area contributed by atoms with Crippen LogP contribution in [0.4, 0.5) is 5.82 Å². The minimum absolute atomic E-state index is 0.602. The Labute approximate surface area is 104 Å². The summed E-state index contributed by atoms with van der Waals surface area (Å²) in [5.41, 5.74) is 1.22. The molecule has 4 nitrogen and oxygen atoms in total. The van der Waals surface area contributed by atoms with Crippen LogP contribution in [0.5, 0.6) is 0 Å². The van der Waals surface area contributed by atoms with E-state index in [4.69, 9.17) is 0 Å². The van der Waals surface area contributed by atoms with E-state index in [0.717, 1.165) is 25.5 Å². The first-order valence-corrected chi connectivity index (χ1v) is 6.55. The van der Waals surface area contributed by atoms with E-state index in [2.05, 4.69) is 42.2 Å². The van der Waals surface area contributed by atoms with Gasteiger partial charge in [-0.15, -0.1) is 0 Å². The van der Waals surface area contributed by atoms with E-state index in [1.807, 2.05) is 11.7 Å². The fraction of sp³-hybridized carbons (Fsp3) is 0.769. The van der Waals surface area contributed by atoms with Crippen LogP contribution in [0.25, 0.3) is 0 Å². The smallest absolute Gasteiger partial charge is 0.150 e. The highest BCUT2D eigenvalue weighted by molar-refractivity contribution is 5.39. The Balaban J connectivity index is 2.12. The first kappa shape index (κ1) is 12.4. The zero-order chi connectivity index (χ0) is 12.4. The first-order valence-electron chi connectivity index (χ1n) is 6.55. The van der Waals surface area contributed by atoms with Gasteiger partial charge >= 0.3 is 0 Å². The number of anilines is 1. The lowest BCUT2D eigenvalue weighted by atomic mass is 10.1. The van der Waals surface area contributed by atoms with Crippen LogP contribution in [0.1, 0.15) is 26.0 Å². The lowest BCUT2D eigenvalue weighted by molar-refractivity contribution is 0.409. The molecule has 96 valence electrons. The topological polar surface area (TPSA) is 33.1 Å². The third kappa shape index (κ3) is 3.00. The third-order valence-corrected chi connectivity index (χ3v) is 3.60. The van der Waals surface area contributed by atoms with E-state index >= 15 is 0 Å². The van der Waals surface area contributed by atoms with Crippen LogP contribution in [0.3, 0.4) is 0 Å². The second-order valence-corrected chi connectivity index (χ2v) is 5.42. The van der Waals surface area contributed by atoms with Crippen LogP contribution in [0, 0.1) is 12.8 Å². The molecule has 1 saturated heterocycles. The van der Waals surface area contributed by atoms with Crippen molar-refractivity contribution in [2.24, 2.45) is 13.0 Å². The Hall–Kier alpha value is -1.03. The highest BCUT2D eigenvalue weighted by atomic mass is 15.3. The maximum atomic E-state index is 4.59. The van der Waals surface area contributed by atoms with Gasteiger partial charge in [-0.1, -0.05) is 6.92 Å². The molecule has 1 aromatic rings. The van der Waals surface area contributed by atoms with Crippen molar-refractivity contribution in [1.29, 1.82) is 0 Å². The normalized spacial score (nSPS) is 26.7.